The van der Waals surface area contributed by atoms with Crippen LogP contribution in [0.15, 0.2) is 29.8 Å². The molecule has 0 aromatic heterocycles. The number of methoxy groups -OCH3 is 2. The van der Waals surface area contributed by atoms with Gasteiger partial charge in [0.1, 0.15) is 0 Å². The molecule has 88 valence electrons. The molecule has 0 radical (unpaired) electrons. The van der Waals surface area contributed by atoms with Crippen molar-refractivity contribution in [1.82, 2.24) is 0 Å². The maximum absolute atomic E-state index is 6.08. The van der Waals surface area contributed by atoms with Crippen molar-refractivity contribution in [3.8, 4) is 11.5 Å². The summed E-state index contributed by atoms with van der Waals surface area (Å²) < 4.78 is 10.6. The Morgan fingerprint density at radius 2 is 1.94 bits per heavy atom. The number of benzene rings is 1. The maximum atomic E-state index is 6.08. The summed E-state index contributed by atoms with van der Waals surface area (Å²) in [5.74, 6) is 1.41. The van der Waals surface area contributed by atoms with Gasteiger partial charge in [0.15, 0.2) is 11.5 Å². The summed E-state index contributed by atoms with van der Waals surface area (Å²) in [4.78, 5) is 0. The standard InChI is InChI=1S/C13H19NO2/c1-9(2)8-11(14)10-6-5-7-12(15-3)13(10)16-4/h5-8,11H,14H2,1-4H3. The molecule has 0 aliphatic heterocycles. The van der Waals surface area contributed by atoms with Gasteiger partial charge in [-0.2, -0.15) is 0 Å². The SMILES string of the molecule is COc1cccc(C(N)C=C(C)C)c1OC. The predicted octanol–water partition coefficient (Wildman–Crippen LogP) is 2.67. The predicted molar refractivity (Wildman–Crippen MR) is 65.9 cm³/mol. The van der Waals surface area contributed by atoms with E-state index in [1.165, 1.54) is 5.57 Å². The highest BCUT2D eigenvalue weighted by atomic mass is 16.5. The summed E-state index contributed by atoms with van der Waals surface area (Å²) in [6.07, 6.45) is 2.00. The van der Waals surface area contributed by atoms with Gasteiger partial charge in [-0.3, -0.25) is 0 Å². The highest BCUT2D eigenvalue weighted by Gasteiger charge is 2.13. The van der Waals surface area contributed by atoms with Gasteiger partial charge in [-0.1, -0.05) is 23.8 Å². The monoisotopic (exact) mass is 221 g/mol. The smallest absolute Gasteiger partial charge is 0.165 e. The molecule has 1 atom stereocenters. The zero-order chi connectivity index (χ0) is 12.1. The zero-order valence-corrected chi connectivity index (χ0v) is 10.3. The molecule has 2 N–H and O–H groups in total. The molecule has 1 aromatic rings. The van der Waals surface area contributed by atoms with Crippen LogP contribution in [0.2, 0.25) is 0 Å². The number of hydrogen-bond acceptors (Lipinski definition) is 3. The van der Waals surface area contributed by atoms with E-state index in [1.807, 2.05) is 38.1 Å². The summed E-state index contributed by atoms with van der Waals surface area (Å²) in [7, 11) is 3.24. The van der Waals surface area contributed by atoms with Crippen LogP contribution in [0.5, 0.6) is 11.5 Å². The number of hydrogen-bond donors (Lipinski definition) is 1. The van der Waals surface area contributed by atoms with Crippen molar-refractivity contribution in [3.63, 3.8) is 0 Å². The topological polar surface area (TPSA) is 44.5 Å². The first-order valence-electron chi connectivity index (χ1n) is 5.21. The minimum absolute atomic E-state index is 0.171. The van der Waals surface area contributed by atoms with E-state index in [9.17, 15) is 0 Å². The van der Waals surface area contributed by atoms with E-state index in [4.69, 9.17) is 15.2 Å². The van der Waals surface area contributed by atoms with E-state index in [1.54, 1.807) is 14.2 Å². The number of rotatable bonds is 4. The lowest BCUT2D eigenvalue weighted by Gasteiger charge is -2.15. The van der Waals surface area contributed by atoms with Crippen LogP contribution in [-0.4, -0.2) is 14.2 Å². The Kier molecular flexibility index (Phi) is 4.38. The first-order valence-corrected chi connectivity index (χ1v) is 5.21. The fourth-order valence-electron chi connectivity index (χ4n) is 1.62. The summed E-state index contributed by atoms with van der Waals surface area (Å²) >= 11 is 0. The minimum Gasteiger partial charge on any atom is -0.493 e. The second kappa shape index (κ2) is 5.56. The van der Waals surface area contributed by atoms with Crippen LogP contribution in [0.3, 0.4) is 0 Å². The summed E-state index contributed by atoms with van der Waals surface area (Å²) in [6.45, 7) is 4.04. The largest absolute Gasteiger partial charge is 0.493 e. The Hall–Kier alpha value is -1.48. The van der Waals surface area contributed by atoms with Crippen LogP contribution in [0.1, 0.15) is 25.5 Å². The van der Waals surface area contributed by atoms with Crippen molar-refractivity contribution < 1.29 is 9.47 Å². The molecule has 1 unspecified atom stereocenters. The second-order valence-electron chi connectivity index (χ2n) is 3.85. The Morgan fingerprint density at radius 3 is 2.44 bits per heavy atom. The Labute approximate surface area is 96.9 Å². The minimum atomic E-state index is -0.171. The normalized spacial score (nSPS) is 11.8. The quantitative estimate of drug-likeness (QED) is 0.795. The molecule has 3 heteroatoms. The van der Waals surface area contributed by atoms with Crippen LogP contribution >= 0.6 is 0 Å². The van der Waals surface area contributed by atoms with E-state index >= 15 is 0 Å². The van der Waals surface area contributed by atoms with Crippen LogP contribution in [0.4, 0.5) is 0 Å². The highest BCUT2D eigenvalue weighted by Crippen LogP contribution is 2.34. The van der Waals surface area contributed by atoms with Gasteiger partial charge in [0.25, 0.3) is 0 Å². The molecule has 0 amide bonds. The Bertz CT molecular complexity index is 382. The van der Waals surface area contributed by atoms with Gasteiger partial charge in [0.05, 0.1) is 20.3 Å². The average molecular weight is 221 g/mol. The summed E-state index contributed by atoms with van der Waals surface area (Å²) in [6, 6.07) is 5.55. The fourth-order valence-corrected chi connectivity index (χ4v) is 1.62. The van der Waals surface area contributed by atoms with Crippen molar-refractivity contribution in [1.29, 1.82) is 0 Å². The highest BCUT2D eigenvalue weighted by molar-refractivity contribution is 5.49. The molecule has 3 nitrogen and oxygen atoms in total. The lowest BCUT2D eigenvalue weighted by molar-refractivity contribution is 0.351. The van der Waals surface area contributed by atoms with Crippen molar-refractivity contribution in [2.24, 2.45) is 5.73 Å². The van der Waals surface area contributed by atoms with Gasteiger partial charge in [-0.15, -0.1) is 0 Å². The lowest BCUT2D eigenvalue weighted by Crippen LogP contribution is -2.09. The third-order valence-electron chi connectivity index (χ3n) is 2.31. The van der Waals surface area contributed by atoms with Gasteiger partial charge < -0.3 is 15.2 Å². The number of allylic oxidation sites excluding steroid dienone is 1. The van der Waals surface area contributed by atoms with Crippen LogP contribution in [0, 0.1) is 0 Å². The molecule has 0 aliphatic carbocycles. The van der Waals surface area contributed by atoms with Crippen LogP contribution < -0.4 is 15.2 Å². The first-order chi connectivity index (χ1) is 7.60. The molecule has 1 aromatic carbocycles. The Morgan fingerprint density at radius 1 is 1.25 bits per heavy atom. The molecule has 0 saturated carbocycles. The molecular formula is C13H19NO2. The molecule has 0 saturated heterocycles. The first kappa shape index (κ1) is 12.6. The average Bonchev–Trinajstić information content (AvgIpc) is 2.26. The lowest BCUT2D eigenvalue weighted by atomic mass is 10.0. The zero-order valence-electron chi connectivity index (χ0n) is 10.3. The van der Waals surface area contributed by atoms with E-state index in [0.717, 1.165) is 5.56 Å². The number of ether oxygens (including phenoxy) is 2. The van der Waals surface area contributed by atoms with Gasteiger partial charge in [0.2, 0.25) is 0 Å². The molecule has 1 rings (SSSR count). The van der Waals surface area contributed by atoms with Crippen molar-refractivity contribution >= 4 is 0 Å². The van der Waals surface area contributed by atoms with E-state index in [0.29, 0.717) is 11.5 Å². The van der Waals surface area contributed by atoms with Crippen LogP contribution in [-0.2, 0) is 0 Å². The van der Waals surface area contributed by atoms with Crippen molar-refractivity contribution in [2.45, 2.75) is 19.9 Å². The molecule has 0 bridgehead atoms. The molecule has 0 spiro atoms. The molecular weight excluding hydrogens is 202 g/mol. The summed E-state index contributed by atoms with van der Waals surface area (Å²) in [5, 5.41) is 0. The number of nitrogens with two attached hydrogens (primary N) is 1. The molecule has 0 fully saturated rings. The summed E-state index contributed by atoms with van der Waals surface area (Å²) in [5.41, 5.74) is 8.20. The van der Waals surface area contributed by atoms with Crippen LogP contribution in [0.25, 0.3) is 0 Å². The Balaban J connectivity index is 3.17. The number of para-hydroxylation sites is 1. The second-order valence-corrected chi connectivity index (χ2v) is 3.85. The van der Waals surface area contributed by atoms with Gasteiger partial charge in [-0.05, 0) is 19.9 Å². The van der Waals surface area contributed by atoms with Gasteiger partial charge >= 0.3 is 0 Å². The van der Waals surface area contributed by atoms with Crippen molar-refractivity contribution in [3.05, 3.63) is 35.4 Å². The van der Waals surface area contributed by atoms with E-state index in [-0.39, 0.29) is 6.04 Å². The molecule has 16 heavy (non-hydrogen) atoms. The third kappa shape index (κ3) is 2.76. The molecule has 0 heterocycles. The molecule has 0 aliphatic rings. The maximum Gasteiger partial charge on any atom is 0.165 e. The van der Waals surface area contributed by atoms with E-state index in [2.05, 4.69) is 0 Å². The van der Waals surface area contributed by atoms with Gasteiger partial charge in [-0.25, -0.2) is 0 Å². The fraction of sp³-hybridized carbons (Fsp3) is 0.385. The van der Waals surface area contributed by atoms with Gasteiger partial charge in [0, 0.05) is 5.56 Å². The van der Waals surface area contributed by atoms with Crippen molar-refractivity contribution in [2.75, 3.05) is 14.2 Å². The third-order valence-corrected chi connectivity index (χ3v) is 2.31. The van der Waals surface area contributed by atoms with E-state index < -0.39 is 0 Å².